The molecule has 0 aromatic carbocycles. The van der Waals surface area contributed by atoms with Crippen LogP contribution in [0.4, 0.5) is 0 Å². The van der Waals surface area contributed by atoms with Gasteiger partial charge in [0.15, 0.2) is 0 Å². The number of hydrogen-bond donors (Lipinski definition) is 0. The molecule has 90 valence electrons. The molecule has 1 aliphatic heterocycles. The highest BCUT2D eigenvalue weighted by Gasteiger charge is 2.64. The molecule has 1 saturated carbocycles. The van der Waals surface area contributed by atoms with Crippen LogP contribution < -0.4 is 0 Å². The topological polar surface area (TPSA) is 43.4 Å². The summed E-state index contributed by atoms with van der Waals surface area (Å²) in [6, 6.07) is 0. The molecule has 3 nitrogen and oxygen atoms in total. The molecule has 0 amide bonds. The Balaban J connectivity index is 2.38. The molecular weight excluding hydrogens is 204 g/mol. The Labute approximate surface area is 96.5 Å². The highest BCUT2D eigenvalue weighted by atomic mass is 16.5. The molecule has 3 heteroatoms. The molecule has 2 bridgehead atoms. The molecule has 0 radical (unpaired) electrons. The van der Waals surface area contributed by atoms with Gasteiger partial charge in [0, 0.05) is 18.3 Å². The van der Waals surface area contributed by atoms with Gasteiger partial charge in [-0.2, -0.15) is 0 Å². The summed E-state index contributed by atoms with van der Waals surface area (Å²) in [6.07, 6.45) is 1.66. The van der Waals surface area contributed by atoms with E-state index in [1.54, 1.807) is 6.92 Å². The lowest BCUT2D eigenvalue weighted by atomic mass is 9.56. The molecule has 1 aliphatic carbocycles. The maximum absolute atomic E-state index is 12.2. The molecule has 2 rings (SSSR count). The van der Waals surface area contributed by atoms with E-state index in [2.05, 4.69) is 13.8 Å². The van der Waals surface area contributed by atoms with Crippen LogP contribution in [0.25, 0.3) is 0 Å². The zero-order valence-electron chi connectivity index (χ0n) is 10.5. The van der Waals surface area contributed by atoms with Gasteiger partial charge in [0.2, 0.25) is 0 Å². The number of carbonyl (C=O) groups is 2. The van der Waals surface area contributed by atoms with Crippen molar-refractivity contribution in [2.45, 2.75) is 59.2 Å². The number of fused-ring (bicyclic) bond motifs is 2. The molecule has 2 fully saturated rings. The third-order valence-electron chi connectivity index (χ3n) is 4.80. The Morgan fingerprint density at radius 1 is 1.44 bits per heavy atom. The molecule has 1 heterocycles. The van der Waals surface area contributed by atoms with Gasteiger partial charge in [0.1, 0.15) is 11.6 Å². The van der Waals surface area contributed by atoms with Crippen molar-refractivity contribution in [3.05, 3.63) is 0 Å². The van der Waals surface area contributed by atoms with Crippen LogP contribution in [0.15, 0.2) is 0 Å². The van der Waals surface area contributed by atoms with Crippen LogP contribution in [0.3, 0.4) is 0 Å². The third-order valence-corrected chi connectivity index (χ3v) is 4.80. The second-order valence-corrected chi connectivity index (χ2v) is 5.91. The quantitative estimate of drug-likeness (QED) is 0.721. The van der Waals surface area contributed by atoms with Gasteiger partial charge in [-0.25, -0.2) is 0 Å². The maximum Gasteiger partial charge on any atom is 0.142 e. The summed E-state index contributed by atoms with van der Waals surface area (Å²) in [6.45, 7) is 7.72. The normalized spacial score (nSPS) is 41.1. The first-order valence-electron chi connectivity index (χ1n) is 5.98. The van der Waals surface area contributed by atoms with Gasteiger partial charge in [-0.15, -0.1) is 0 Å². The first-order chi connectivity index (χ1) is 7.30. The van der Waals surface area contributed by atoms with Gasteiger partial charge in [0.25, 0.3) is 0 Å². The summed E-state index contributed by atoms with van der Waals surface area (Å²) in [5.74, 6) is 0.361. The zero-order valence-corrected chi connectivity index (χ0v) is 10.5. The molecule has 0 aromatic heterocycles. The summed E-state index contributed by atoms with van der Waals surface area (Å²) in [4.78, 5) is 23.4. The Bertz CT molecular complexity index is 345. The van der Waals surface area contributed by atoms with Crippen LogP contribution in [-0.2, 0) is 14.3 Å². The minimum Gasteiger partial charge on any atom is -0.373 e. The second kappa shape index (κ2) is 3.39. The lowest BCUT2D eigenvalue weighted by molar-refractivity contribution is -0.137. The van der Waals surface area contributed by atoms with E-state index in [9.17, 15) is 9.59 Å². The van der Waals surface area contributed by atoms with E-state index in [-0.39, 0.29) is 29.2 Å². The van der Waals surface area contributed by atoms with Gasteiger partial charge in [0.05, 0.1) is 17.6 Å². The Morgan fingerprint density at radius 2 is 2.06 bits per heavy atom. The van der Waals surface area contributed by atoms with Gasteiger partial charge in [-0.3, -0.25) is 9.59 Å². The lowest BCUT2D eigenvalue weighted by Gasteiger charge is -2.43. The minimum atomic E-state index is -0.485. The molecule has 3 unspecified atom stereocenters. The van der Waals surface area contributed by atoms with Crippen molar-refractivity contribution in [1.29, 1.82) is 0 Å². The van der Waals surface area contributed by atoms with E-state index >= 15 is 0 Å². The van der Waals surface area contributed by atoms with E-state index in [4.69, 9.17) is 4.74 Å². The first kappa shape index (κ1) is 11.8. The van der Waals surface area contributed by atoms with E-state index in [0.29, 0.717) is 12.8 Å². The number of Topliss-reactive ketones (excluding diaryl/α,β-unsaturated/α-hetero) is 2. The summed E-state index contributed by atoms with van der Waals surface area (Å²) in [5.41, 5.74) is -0.635. The standard InChI is InChI=1S/C13H20O3/c1-8(14)7-11-13(4)9(15)5-6-10(16-11)12(13,2)3/h10-11H,5-7H2,1-4H3. The van der Waals surface area contributed by atoms with Crippen molar-refractivity contribution in [1.82, 2.24) is 0 Å². The van der Waals surface area contributed by atoms with Crippen LogP contribution in [0.2, 0.25) is 0 Å². The highest BCUT2D eigenvalue weighted by molar-refractivity contribution is 5.89. The van der Waals surface area contributed by atoms with Crippen LogP contribution in [0.5, 0.6) is 0 Å². The zero-order chi connectivity index (χ0) is 12.1. The predicted octanol–water partition coefficient (Wildman–Crippen LogP) is 2.13. The fourth-order valence-corrected chi connectivity index (χ4v) is 3.26. The van der Waals surface area contributed by atoms with Gasteiger partial charge in [-0.1, -0.05) is 13.8 Å². The summed E-state index contributed by atoms with van der Waals surface area (Å²) in [7, 11) is 0. The van der Waals surface area contributed by atoms with Gasteiger partial charge in [-0.05, 0) is 20.3 Å². The maximum atomic E-state index is 12.2. The van der Waals surface area contributed by atoms with E-state index < -0.39 is 5.41 Å². The van der Waals surface area contributed by atoms with Crippen LogP contribution >= 0.6 is 0 Å². The fraction of sp³-hybridized carbons (Fsp3) is 0.846. The first-order valence-corrected chi connectivity index (χ1v) is 5.98. The summed E-state index contributed by atoms with van der Waals surface area (Å²) < 4.78 is 5.94. The Morgan fingerprint density at radius 3 is 2.62 bits per heavy atom. The van der Waals surface area contributed by atoms with Crippen molar-refractivity contribution in [3.8, 4) is 0 Å². The van der Waals surface area contributed by atoms with Gasteiger partial charge < -0.3 is 4.74 Å². The molecule has 1 saturated heterocycles. The van der Waals surface area contributed by atoms with Crippen LogP contribution in [0, 0.1) is 10.8 Å². The van der Waals surface area contributed by atoms with Crippen LogP contribution in [-0.4, -0.2) is 23.8 Å². The van der Waals surface area contributed by atoms with Crippen molar-refractivity contribution < 1.29 is 14.3 Å². The van der Waals surface area contributed by atoms with Gasteiger partial charge >= 0.3 is 0 Å². The van der Waals surface area contributed by atoms with Crippen LogP contribution in [0.1, 0.15) is 47.0 Å². The van der Waals surface area contributed by atoms with Crippen molar-refractivity contribution in [2.75, 3.05) is 0 Å². The Kier molecular flexibility index (Phi) is 2.50. The number of ketones is 2. The summed E-state index contributed by atoms with van der Waals surface area (Å²) >= 11 is 0. The Hall–Kier alpha value is -0.700. The fourth-order valence-electron chi connectivity index (χ4n) is 3.26. The largest absolute Gasteiger partial charge is 0.373 e. The number of carbonyl (C=O) groups excluding carboxylic acids is 2. The molecule has 0 aromatic rings. The number of ether oxygens (including phenoxy) is 1. The van der Waals surface area contributed by atoms with Crippen molar-refractivity contribution >= 4 is 11.6 Å². The molecule has 0 spiro atoms. The average molecular weight is 224 g/mol. The molecule has 3 atom stereocenters. The minimum absolute atomic E-state index is 0.0994. The lowest BCUT2D eigenvalue weighted by Crippen LogP contribution is -2.50. The van der Waals surface area contributed by atoms with E-state index in [0.717, 1.165) is 6.42 Å². The molecular formula is C13H20O3. The average Bonchev–Trinajstić information content (AvgIpc) is 2.30. The smallest absolute Gasteiger partial charge is 0.142 e. The van der Waals surface area contributed by atoms with Crippen molar-refractivity contribution in [3.63, 3.8) is 0 Å². The SMILES string of the molecule is CC(=O)CC1OC2CCC(=O)C1(C)C2(C)C. The van der Waals surface area contributed by atoms with E-state index in [1.165, 1.54) is 0 Å². The monoisotopic (exact) mass is 224 g/mol. The number of hydrogen-bond acceptors (Lipinski definition) is 3. The van der Waals surface area contributed by atoms with Crippen molar-refractivity contribution in [2.24, 2.45) is 10.8 Å². The molecule has 0 N–H and O–H groups in total. The molecule has 16 heavy (non-hydrogen) atoms. The summed E-state index contributed by atoms with van der Waals surface area (Å²) in [5, 5.41) is 0. The van der Waals surface area contributed by atoms with E-state index in [1.807, 2.05) is 6.92 Å². The molecule has 2 aliphatic rings. The third kappa shape index (κ3) is 1.30. The number of rotatable bonds is 2. The second-order valence-electron chi connectivity index (χ2n) is 5.91. The highest BCUT2D eigenvalue weighted by Crippen LogP contribution is 2.58. The predicted molar refractivity (Wildman–Crippen MR) is 60.1 cm³/mol.